The lowest BCUT2D eigenvalue weighted by molar-refractivity contribution is -0.143. The van der Waals surface area contributed by atoms with Crippen LogP contribution in [0.5, 0.6) is 5.75 Å². The lowest BCUT2D eigenvalue weighted by atomic mass is 9.97. The first-order chi connectivity index (χ1) is 12.2. The van der Waals surface area contributed by atoms with Crippen molar-refractivity contribution in [2.75, 3.05) is 7.11 Å². The number of methoxy groups -OCH3 is 1. The number of amides is 1. The summed E-state index contributed by atoms with van der Waals surface area (Å²) in [6.45, 7) is 2.94. The molecule has 2 aromatic rings. The molecule has 0 bridgehead atoms. The van der Waals surface area contributed by atoms with Gasteiger partial charge in [-0.2, -0.15) is 0 Å². The van der Waals surface area contributed by atoms with Crippen LogP contribution in [0, 0.1) is 11.6 Å². The van der Waals surface area contributed by atoms with Crippen LogP contribution < -0.4 is 10.1 Å². The van der Waals surface area contributed by atoms with E-state index in [9.17, 15) is 23.5 Å². The first-order valence-corrected chi connectivity index (χ1v) is 7.91. The predicted molar refractivity (Wildman–Crippen MR) is 92.1 cm³/mol. The van der Waals surface area contributed by atoms with Gasteiger partial charge in [-0.1, -0.05) is 13.0 Å². The maximum absolute atomic E-state index is 14.4. The molecule has 7 heteroatoms. The zero-order valence-corrected chi connectivity index (χ0v) is 14.6. The minimum absolute atomic E-state index is 0.130. The van der Waals surface area contributed by atoms with Gasteiger partial charge in [-0.05, 0) is 43.2 Å². The normalized spacial score (nSPS) is 13.0. The number of hydrogen-bond donors (Lipinski definition) is 2. The van der Waals surface area contributed by atoms with Crippen LogP contribution >= 0.6 is 0 Å². The van der Waals surface area contributed by atoms with E-state index in [2.05, 4.69) is 5.32 Å². The van der Waals surface area contributed by atoms with E-state index in [1.165, 1.54) is 44.4 Å². The Morgan fingerprint density at radius 2 is 1.85 bits per heavy atom. The first kappa shape index (κ1) is 19.4. The molecule has 0 aliphatic carbocycles. The molecule has 0 heterocycles. The van der Waals surface area contributed by atoms with Gasteiger partial charge in [0.25, 0.3) is 5.91 Å². The molecule has 1 atom stereocenters. The van der Waals surface area contributed by atoms with Crippen molar-refractivity contribution in [1.29, 1.82) is 0 Å². The molecule has 26 heavy (non-hydrogen) atoms. The van der Waals surface area contributed by atoms with Crippen LogP contribution in [-0.4, -0.2) is 29.6 Å². The second kappa shape index (κ2) is 7.51. The van der Waals surface area contributed by atoms with Crippen molar-refractivity contribution in [3.05, 3.63) is 53.6 Å². The van der Waals surface area contributed by atoms with Gasteiger partial charge in [0.05, 0.1) is 12.7 Å². The topological polar surface area (TPSA) is 75.6 Å². The van der Waals surface area contributed by atoms with Crippen molar-refractivity contribution >= 4 is 11.9 Å². The van der Waals surface area contributed by atoms with Crippen LogP contribution in [0.1, 0.15) is 30.6 Å². The number of ether oxygens (including phenoxy) is 1. The van der Waals surface area contributed by atoms with Crippen molar-refractivity contribution < 1.29 is 28.2 Å². The van der Waals surface area contributed by atoms with E-state index >= 15 is 0 Å². The minimum Gasteiger partial charge on any atom is -0.497 e. The number of nitrogens with one attached hydrogen (secondary N) is 1. The number of benzene rings is 2. The zero-order chi connectivity index (χ0) is 19.5. The molecule has 0 spiro atoms. The minimum atomic E-state index is -1.51. The largest absolute Gasteiger partial charge is 0.497 e. The van der Waals surface area contributed by atoms with Crippen LogP contribution in [0.15, 0.2) is 36.4 Å². The number of halogens is 2. The first-order valence-electron chi connectivity index (χ1n) is 7.91. The summed E-state index contributed by atoms with van der Waals surface area (Å²) in [4.78, 5) is 23.5. The molecule has 2 aromatic carbocycles. The van der Waals surface area contributed by atoms with Crippen molar-refractivity contribution in [2.24, 2.45) is 0 Å². The van der Waals surface area contributed by atoms with E-state index in [-0.39, 0.29) is 23.1 Å². The van der Waals surface area contributed by atoms with Gasteiger partial charge < -0.3 is 15.2 Å². The highest BCUT2D eigenvalue weighted by atomic mass is 19.1. The molecule has 0 saturated heterocycles. The Morgan fingerprint density at radius 1 is 1.15 bits per heavy atom. The molecule has 2 N–H and O–H groups in total. The van der Waals surface area contributed by atoms with Crippen molar-refractivity contribution in [3.63, 3.8) is 0 Å². The second-order valence-electron chi connectivity index (χ2n) is 5.99. The monoisotopic (exact) mass is 363 g/mol. The van der Waals surface area contributed by atoms with E-state index in [1.807, 2.05) is 0 Å². The van der Waals surface area contributed by atoms with Gasteiger partial charge >= 0.3 is 5.97 Å². The third kappa shape index (κ3) is 3.82. The van der Waals surface area contributed by atoms with Crippen LogP contribution in [0.2, 0.25) is 0 Å². The fourth-order valence-electron chi connectivity index (χ4n) is 2.33. The standard InChI is InChI=1S/C19H19F2NO4/c1-4-19(2,18(24)25)22-17(23)14-7-5-11(9-15(14)20)13-8-6-12(26-3)10-16(13)21/h5-10H,4H2,1-3H3,(H,22,23)(H,24,25). The van der Waals surface area contributed by atoms with Crippen molar-refractivity contribution in [1.82, 2.24) is 5.32 Å². The fraction of sp³-hybridized carbons (Fsp3) is 0.263. The van der Waals surface area contributed by atoms with Gasteiger partial charge in [0.15, 0.2) is 0 Å². The van der Waals surface area contributed by atoms with Crippen LogP contribution in [0.4, 0.5) is 8.78 Å². The van der Waals surface area contributed by atoms with E-state index < -0.39 is 29.0 Å². The van der Waals surface area contributed by atoms with Gasteiger partial charge in [-0.3, -0.25) is 4.79 Å². The Morgan fingerprint density at radius 3 is 2.35 bits per heavy atom. The summed E-state index contributed by atoms with van der Waals surface area (Å²) < 4.78 is 33.4. The summed E-state index contributed by atoms with van der Waals surface area (Å²) in [5.74, 6) is -3.21. The number of carbonyl (C=O) groups is 2. The van der Waals surface area contributed by atoms with Gasteiger partial charge in [0.2, 0.25) is 0 Å². The summed E-state index contributed by atoms with van der Waals surface area (Å²) in [6.07, 6.45) is 0.130. The average Bonchev–Trinajstić information content (AvgIpc) is 2.60. The predicted octanol–water partition coefficient (Wildman–Crippen LogP) is 3.62. The Balaban J connectivity index is 2.32. The Labute approximate surface area is 149 Å². The van der Waals surface area contributed by atoms with Crippen LogP contribution in [0.25, 0.3) is 11.1 Å². The Bertz CT molecular complexity index is 853. The molecule has 0 saturated carbocycles. The average molecular weight is 363 g/mol. The maximum atomic E-state index is 14.4. The molecule has 0 fully saturated rings. The lowest BCUT2D eigenvalue weighted by Gasteiger charge is -2.24. The van der Waals surface area contributed by atoms with Gasteiger partial charge in [-0.25, -0.2) is 13.6 Å². The zero-order valence-electron chi connectivity index (χ0n) is 14.6. The third-order valence-electron chi connectivity index (χ3n) is 4.27. The molecule has 2 rings (SSSR count). The van der Waals surface area contributed by atoms with E-state index in [1.54, 1.807) is 6.92 Å². The van der Waals surface area contributed by atoms with Gasteiger partial charge in [-0.15, -0.1) is 0 Å². The third-order valence-corrected chi connectivity index (χ3v) is 4.27. The molecule has 0 aromatic heterocycles. The Hall–Kier alpha value is -2.96. The van der Waals surface area contributed by atoms with Crippen molar-refractivity contribution in [3.8, 4) is 16.9 Å². The summed E-state index contributed by atoms with van der Waals surface area (Å²) in [7, 11) is 1.41. The number of rotatable bonds is 6. The highest BCUT2D eigenvalue weighted by Gasteiger charge is 2.33. The van der Waals surface area contributed by atoms with E-state index in [0.29, 0.717) is 5.75 Å². The second-order valence-corrected chi connectivity index (χ2v) is 5.99. The molecule has 5 nitrogen and oxygen atoms in total. The number of carboxylic acid groups (broad SMARTS) is 1. The van der Waals surface area contributed by atoms with Crippen LogP contribution in [0.3, 0.4) is 0 Å². The molecular formula is C19H19F2NO4. The lowest BCUT2D eigenvalue weighted by Crippen LogP contribution is -2.51. The number of carboxylic acids is 1. The molecule has 138 valence electrons. The number of aliphatic carboxylic acids is 1. The molecule has 0 radical (unpaired) electrons. The quantitative estimate of drug-likeness (QED) is 0.822. The fourth-order valence-corrected chi connectivity index (χ4v) is 2.33. The molecule has 1 unspecified atom stereocenters. The van der Waals surface area contributed by atoms with Crippen molar-refractivity contribution in [2.45, 2.75) is 25.8 Å². The number of carbonyl (C=O) groups excluding carboxylic acids is 1. The summed E-state index contributed by atoms with van der Waals surface area (Å²) >= 11 is 0. The Kier molecular flexibility index (Phi) is 5.59. The molecular weight excluding hydrogens is 344 g/mol. The summed E-state index contributed by atoms with van der Waals surface area (Å²) in [5.41, 5.74) is -1.43. The summed E-state index contributed by atoms with van der Waals surface area (Å²) in [6, 6.07) is 7.78. The highest BCUT2D eigenvalue weighted by Crippen LogP contribution is 2.27. The highest BCUT2D eigenvalue weighted by molar-refractivity contribution is 5.98. The van der Waals surface area contributed by atoms with E-state index in [0.717, 1.165) is 6.07 Å². The molecule has 0 aliphatic heterocycles. The SMILES string of the molecule is CCC(C)(NC(=O)c1ccc(-c2ccc(OC)cc2F)cc1F)C(=O)O. The molecule has 0 aliphatic rings. The van der Waals surface area contributed by atoms with Gasteiger partial charge in [0.1, 0.15) is 22.9 Å². The van der Waals surface area contributed by atoms with E-state index in [4.69, 9.17) is 4.74 Å². The smallest absolute Gasteiger partial charge is 0.329 e. The number of hydrogen-bond acceptors (Lipinski definition) is 3. The molecule has 1 amide bonds. The summed E-state index contributed by atoms with van der Waals surface area (Å²) in [5, 5.41) is 11.5. The van der Waals surface area contributed by atoms with Gasteiger partial charge in [0, 0.05) is 11.6 Å². The van der Waals surface area contributed by atoms with Crippen LogP contribution in [-0.2, 0) is 4.79 Å². The maximum Gasteiger partial charge on any atom is 0.329 e.